The Morgan fingerprint density at radius 2 is 1.67 bits per heavy atom. The molecule has 1 unspecified atom stereocenters. The van der Waals surface area contributed by atoms with Gasteiger partial charge in [-0.05, 0) is 73.9 Å². The number of phenols is 1. The molecule has 48 heavy (non-hydrogen) atoms. The molecule has 9 nitrogen and oxygen atoms in total. The highest BCUT2D eigenvalue weighted by Crippen LogP contribution is 2.45. The summed E-state index contributed by atoms with van der Waals surface area (Å²) in [6, 6.07) is 26.4. The summed E-state index contributed by atoms with van der Waals surface area (Å²) in [5, 5.41) is 30.8. The number of aryl methyl sites for hydroxylation is 2. The molecule has 1 atom stereocenters. The Morgan fingerprint density at radius 3 is 2.40 bits per heavy atom. The second-order valence-corrected chi connectivity index (χ2v) is 13.4. The summed E-state index contributed by atoms with van der Waals surface area (Å²) in [6.45, 7) is 6.48. The van der Waals surface area contributed by atoms with E-state index in [1.165, 1.54) is 39.6 Å². The van der Waals surface area contributed by atoms with Crippen LogP contribution in [0.3, 0.4) is 0 Å². The zero-order valence-corrected chi connectivity index (χ0v) is 28.2. The van der Waals surface area contributed by atoms with Gasteiger partial charge in [-0.2, -0.15) is 0 Å². The van der Waals surface area contributed by atoms with Gasteiger partial charge in [0.1, 0.15) is 18.1 Å². The lowest BCUT2D eigenvalue weighted by molar-refractivity contribution is -0.132. The molecular weight excluding hydrogens is 647 g/mol. The number of nitrogens with zero attached hydrogens (tertiary/aromatic N) is 3. The van der Waals surface area contributed by atoms with Gasteiger partial charge in [0.2, 0.25) is 5.13 Å². The van der Waals surface area contributed by atoms with Crippen molar-refractivity contribution in [1.82, 2.24) is 10.2 Å². The highest BCUT2D eigenvalue weighted by Gasteiger charge is 2.48. The number of ketones is 1. The molecule has 1 aromatic heterocycles. The van der Waals surface area contributed by atoms with Crippen LogP contribution >= 0.6 is 23.1 Å². The summed E-state index contributed by atoms with van der Waals surface area (Å²) < 4.78 is 12.2. The predicted octanol–water partition coefficient (Wildman–Crippen LogP) is 7.76. The number of anilines is 1. The van der Waals surface area contributed by atoms with Gasteiger partial charge in [0.25, 0.3) is 5.78 Å². The number of aliphatic hydroxyl groups is 1. The molecule has 6 rings (SSSR count). The van der Waals surface area contributed by atoms with E-state index in [0.717, 1.165) is 16.7 Å². The predicted molar refractivity (Wildman–Crippen MR) is 187 cm³/mol. The first-order valence-electron chi connectivity index (χ1n) is 15.3. The monoisotopic (exact) mass is 679 g/mol. The van der Waals surface area contributed by atoms with Gasteiger partial charge in [-0.1, -0.05) is 88.8 Å². The molecule has 0 spiro atoms. The Hall–Kier alpha value is -5.13. The minimum Gasteiger partial charge on any atom is -0.507 e. The lowest BCUT2D eigenvalue weighted by Crippen LogP contribution is -2.29. The van der Waals surface area contributed by atoms with Crippen LogP contribution in [0.4, 0.5) is 5.13 Å². The molecule has 2 N–H and O–H groups in total. The van der Waals surface area contributed by atoms with Crippen molar-refractivity contribution in [2.45, 2.75) is 43.5 Å². The number of ether oxygens (including phenoxy) is 2. The maximum absolute atomic E-state index is 13.7. The van der Waals surface area contributed by atoms with Crippen molar-refractivity contribution in [3.63, 3.8) is 0 Å². The molecule has 1 aliphatic rings. The van der Waals surface area contributed by atoms with Crippen LogP contribution < -0.4 is 14.4 Å². The summed E-state index contributed by atoms with van der Waals surface area (Å²) in [5.41, 5.74) is 5.09. The minimum atomic E-state index is -1.06. The van der Waals surface area contributed by atoms with Crippen LogP contribution in [0.15, 0.2) is 101 Å². The number of rotatable bonds is 11. The number of benzene rings is 4. The summed E-state index contributed by atoms with van der Waals surface area (Å²) in [5.74, 6) is -0.751. The zero-order valence-electron chi connectivity index (χ0n) is 26.5. The second-order valence-electron chi connectivity index (χ2n) is 11.3. The molecule has 0 aliphatic carbocycles. The summed E-state index contributed by atoms with van der Waals surface area (Å²) in [4.78, 5) is 28.6. The van der Waals surface area contributed by atoms with Gasteiger partial charge in [0.15, 0.2) is 15.8 Å². The second kappa shape index (κ2) is 14.3. The number of aromatic nitrogens is 2. The first-order valence-corrected chi connectivity index (χ1v) is 17.1. The number of thioether (sulfide) groups is 1. The SMILES string of the molecule is CCOc1cc(C2C(=C(O)c3ccc(OCc4cccc(C)c4)cc3)C(=O)C(=O)N2c2nnc(SCc3ccc(C)cc3)s2)ccc1O. The fourth-order valence-corrected chi connectivity index (χ4v) is 7.16. The Balaban J connectivity index is 1.33. The summed E-state index contributed by atoms with van der Waals surface area (Å²) in [6.07, 6.45) is 0. The largest absolute Gasteiger partial charge is 0.507 e. The van der Waals surface area contributed by atoms with E-state index >= 15 is 0 Å². The molecule has 1 aliphatic heterocycles. The Bertz CT molecular complexity index is 1990. The number of aromatic hydroxyl groups is 1. The average Bonchev–Trinajstić information content (AvgIpc) is 3.66. The van der Waals surface area contributed by atoms with Crippen molar-refractivity contribution in [2.24, 2.45) is 0 Å². The topological polar surface area (TPSA) is 122 Å². The minimum absolute atomic E-state index is 0.0930. The number of aliphatic hydroxyl groups excluding tert-OH is 1. The normalized spacial score (nSPS) is 15.6. The molecule has 5 aromatic rings. The molecule has 0 bridgehead atoms. The van der Waals surface area contributed by atoms with E-state index in [1.807, 2.05) is 62.4 Å². The van der Waals surface area contributed by atoms with E-state index in [9.17, 15) is 19.8 Å². The Kier molecular flexibility index (Phi) is 9.79. The van der Waals surface area contributed by atoms with Crippen molar-refractivity contribution in [1.29, 1.82) is 0 Å². The fourth-order valence-electron chi connectivity index (χ4n) is 5.34. The van der Waals surface area contributed by atoms with Crippen LogP contribution in [0.2, 0.25) is 0 Å². The van der Waals surface area contributed by atoms with Crippen molar-refractivity contribution in [3.8, 4) is 17.2 Å². The molecule has 1 amide bonds. The summed E-state index contributed by atoms with van der Waals surface area (Å²) >= 11 is 2.66. The van der Waals surface area contributed by atoms with Crippen LogP contribution in [-0.2, 0) is 21.9 Å². The fraction of sp³-hybridized carbons (Fsp3) is 0.189. The third kappa shape index (κ3) is 7.07. The molecule has 244 valence electrons. The van der Waals surface area contributed by atoms with Crippen LogP contribution in [0.1, 0.15) is 46.3 Å². The van der Waals surface area contributed by atoms with Crippen molar-refractivity contribution >= 4 is 45.7 Å². The molecule has 0 radical (unpaired) electrons. The average molecular weight is 680 g/mol. The van der Waals surface area contributed by atoms with Gasteiger partial charge in [-0.25, -0.2) is 0 Å². The Morgan fingerprint density at radius 1 is 0.896 bits per heavy atom. The van der Waals surface area contributed by atoms with Crippen LogP contribution in [0.25, 0.3) is 5.76 Å². The summed E-state index contributed by atoms with van der Waals surface area (Å²) in [7, 11) is 0. The molecular formula is C37H33N3O6S2. The number of carbonyl (C=O) groups is 2. The zero-order chi connectivity index (χ0) is 33.8. The van der Waals surface area contributed by atoms with E-state index in [1.54, 1.807) is 43.3 Å². The van der Waals surface area contributed by atoms with Crippen molar-refractivity contribution in [3.05, 3.63) is 130 Å². The number of carbonyl (C=O) groups excluding carboxylic acids is 2. The van der Waals surface area contributed by atoms with Gasteiger partial charge < -0.3 is 19.7 Å². The van der Waals surface area contributed by atoms with Crippen LogP contribution in [0.5, 0.6) is 17.2 Å². The molecule has 1 saturated heterocycles. The lowest BCUT2D eigenvalue weighted by Gasteiger charge is -2.23. The number of hydrogen-bond acceptors (Lipinski definition) is 10. The third-order valence-corrected chi connectivity index (χ3v) is 9.87. The number of hydrogen-bond donors (Lipinski definition) is 2. The van der Waals surface area contributed by atoms with Gasteiger partial charge in [0.05, 0.1) is 18.2 Å². The highest BCUT2D eigenvalue weighted by atomic mass is 32.2. The standard InChI is InChI=1S/C37H33N3O6S2/c1-4-45-30-19-27(14-17-29(30)41)32-31(33(42)26-12-15-28(16-13-26)46-20-25-7-5-6-23(3)18-25)34(43)35(44)40(32)36-38-39-37(48-36)47-21-24-10-8-22(2)9-11-24/h5-19,32,41-42H,4,20-21H2,1-3H3. The van der Waals surface area contributed by atoms with E-state index in [4.69, 9.17) is 9.47 Å². The van der Waals surface area contributed by atoms with Crippen molar-refractivity contribution in [2.75, 3.05) is 11.5 Å². The van der Waals surface area contributed by atoms with E-state index in [-0.39, 0.29) is 34.6 Å². The lowest BCUT2D eigenvalue weighted by atomic mass is 9.95. The maximum atomic E-state index is 13.7. The number of amides is 1. The van der Waals surface area contributed by atoms with E-state index in [0.29, 0.717) is 33.6 Å². The van der Waals surface area contributed by atoms with Crippen LogP contribution in [-0.4, -0.2) is 38.7 Å². The molecule has 0 saturated carbocycles. The quantitative estimate of drug-likeness (QED) is 0.0474. The van der Waals surface area contributed by atoms with Gasteiger partial charge in [-0.15, -0.1) is 10.2 Å². The maximum Gasteiger partial charge on any atom is 0.301 e. The smallest absolute Gasteiger partial charge is 0.301 e. The van der Waals surface area contributed by atoms with Gasteiger partial charge in [-0.3, -0.25) is 14.5 Å². The van der Waals surface area contributed by atoms with Gasteiger partial charge in [0, 0.05) is 11.3 Å². The van der Waals surface area contributed by atoms with E-state index < -0.39 is 17.7 Å². The molecule has 11 heteroatoms. The number of phenolic OH excluding ortho intramolecular Hbond substituents is 1. The molecule has 1 fully saturated rings. The van der Waals surface area contributed by atoms with Crippen molar-refractivity contribution < 1.29 is 29.3 Å². The third-order valence-electron chi connectivity index (χ3n) is 7.74. The Labute approximate surface area is 286 Å². The highest BCUT2D eigenvalue weighted by molar-refractivity contribution is 8.00. The van der Waals surface area contributed by atoms with Crippen LogP contribution in [0, 0.1) is 13.8 Å². The number of Topliss-reactive ketones (excluding diaryl/α,β-unsaturated/α-hetero) is 1. The first-order chi connectivity index (χ1) is 23.2. The molecule has 2 heterocycles. The first kappa shape index (κ1) is 32.8. The van der Waals surface area contributed by atoms with Gasteiger partial charge >= 0.3 is 5.91 Å². The van der Waals surface area contributed by atoms with E-state index in [2.05, 4.69) is 10.2 Å². The molecule has 4 aromatic carbocycles.